The van der Waals surface area contributed by atoms with Gasteiger partial charge in [0.1, 0.15) is 13.2 Å². The van der Waals surface area contributed by atoms with Crippen molar-refractivity contribution in [2.75, 3.05) is 36.3 Å². The van der Waals surface area contributed by atoms with Gasteiger partial charge in [0, 0.05) is 9.75 Å². The Morgan fingerprint density at radius 2 is 1.09 bits per heavy atom. The molecule has 170 valence electrons. The summed E-state index contributed by atoms with van der Waals surface area (Å²) in [5.41, 5.74) is 2.00. The van der Waals surface area contributed by atoms with Gasteiger partial charge < -0.3 is 9.47 Å². The van der Waals surface area contributed by atoms with Gasteiger partial charge in [0.2, 0.25) is 0 Å². The first-order valence-electron chi connectivity index (χ1n) is 10.6. The maximum Gasteiger partial charge on any atom is 0.107 e. The highest BCUT2D eigenvalue weighted by atomic mass is 32.1. The third-order valence-electron chi connectivity index (χ3n) is 4.48. The number of benzene rings is 2. The normalized spacial score (nSPS) is 10.9. The number of hydrogen-bond acceptors (Lipinski definition) is 7. The fourth-order valence-corrected chi connectivity index (χ4v) is 3.66. The molecule has 3 aromatic rings. The molecule has 2 aromatic carbocycles. The molecule has 0 radical (unpaired) electrons. The molecule has 0 saturated carbocycles. The van der Waals surface area contributed by atoms with E-state index >= 15 is 0 Å². The number of ether oxygens (including phenoxy) is 2. The Bertz CT molecular complexity index is 953. The Morgan fingerprint density at radius 1 is 0.667 bits per heavy atom. The molecule has 0 atom stereocenters. The van der Waals surface area contributed by atoms with E-state index in [0.717, 1.165) is 21.1 Å². The number of hydrogen-bond donors (Lipinski definition) is 0. The SMILES string of the molecule is C=COCCN(N=Cc1ccc(C=NN(CCOC=C)c2ccccc2)s1)c1ccccc1. The van der Waals surface area contributed by atoms with Crippen LogP contribution in [0.4, 0.5) is 11.4 Å². The molecule has 0 bridgehead atoms. The van der Waals surface area contributed by atoms with E-state index in [9.17, 15) is 0 Å². The lowest BCUT2D eigenvalue weighted by Crippen LogP contribution is -2.21. The van der Waals surface area contributed by atoms with Crippen LogP contribution in [0.3, 0.4) is 0 Å². The molecule has 0 amide bonds. The average molecular weight is 461 g/mol. The molecule has 1 aromatic heterocycles. The van der Waals surface area contributed by atoms with E-state index in [0.29, 0.717) is 26.3 Å². The molecule has 6 nitrogen and oxygen atoms in total. The summed E-state index contributed by atoms with van der Waals surface area (Å²) in [5.74, 6) is 0. The van der Waals surface area contributed by atoms with Gasteiger partial charge in [-0.3, -0.25) is 10.0 Å². The van der Waals surface area contributed by atoms with Crippen LogP contribution in [0.25, 0.3) is 0 Å². The van der Waals surface area contributed by atoms with Crippen LogP contribution in [0.15, 0.2) is 109 Å². The van der Waals surface area contributed by atoms with Gasteiger partial charge in [0.15, 0.2) is 0 Å². The number of para-hydroxylation sites is 2. The molecule has 1 heterocycles. The number of thiophene rings is 1. The van der Waals surface area contributed by atoms with E-state index in [4.69, 9.17) is 9.47 Å². The molecule has 0 aliphatic carbocycles. The molecule has 0 fully saturated rings. The lowest BCUT2D eigenvalue weighted by atomic mass is 10.3. The second-order valence-electron chi connectivity index (χ2n) is 6.72. The Labute approximate surface area is 199 Å². The molecule has 0 unspecified atom stereocenters. The Morgan fingerprint density at radius 3 is 1.48 bits per heavy atom. The predicted octanol–water partition coefficient (Wildman–Crippen LogP) is 5.75. The van der Waals surface area contributed by atoms with E-state index < -0.39 is 0 Å². The van der Waals surface area contributed by atoms with Gasteiger partial charge in [-0.15, -0.1) is 11.3 Å². The summed E-state index contributed by atoms with van der Waals surface area (Å²) in [6.07, 6.45) is 6.60. The summed E-state index contributed by atoms with van der Waals surface area (Å²) in [6, 6.07) is 24.1. The lowest BCUT2D eigenvalue weighted by molar-refractivity contribution is 0.258. The summed E-state index contributed by atoms with van der Waals surface area (Å²) in [5, 5.41) is 13.2. The van der Waals surface area contributed by atoms with E-state index in [-0.39, 0.29) is 0 Å². The first kappa shape index (κ1) is 23.8. The van der Waals surface area contributed by atoms with Crippen LogP contribution < -0.4 is 10.0 Å². The highest BCUT2D eigenvalue weighted by Crippen LogP contribution is 2.18. The van der Waals surface area contributed by atoms with E-state index in [1.165, 1.54) is 12.5 Å². The van der Waals surface area contributed by atoms with Crippen molar-refractivity contribution < 1.29 is 9.47 Å². The smallest absolute Gasteiger partial charge is 0.107 e. The minimum absolute atomic E-state index is 0.503. The summed E-state index contributed by atoms with van der Waals surface area (Å²) in [4.78, 5) is 2.06. The first-order chi connectivity index (χ1) is 16.3. The summed E-state index contributed by atoms with van der Waals surface area (Å²) in [6.45, 7) is 9.42. The Kier molecular flexibility index (Phi) is 9.78. The van der Waals surface area contributed by atoms with Crippen molar-refractivity contribution in [1.29, 1.82) is 0 Å². The van der Waals surface area contributed by atoms with Crippen LogP contribution in [-0.4, -0.2) is 38.7 Å². The van der Waals surface area contributed by atoms with Crippen molar-refractivity contribution in [1.82, 2.24) is 0 Å². The minimum atomic E-state index is 0.503. The first-order valence-corrected chi connectivity index (χ1v) is 11.4. The lowest BCUT2D eigenvalue weighted by Gasteiger charge is -2.18. The van der Waals surface area contributed by atoms with Crippen molar-refractivity contribution in [2.24, 2.45) is 10.2 Å². The van der Waals surface area contributed by atoms with Crippen molar-refractivity contribution in [3.63, 3.8) is 0 Å². The molecular weight excluding hydrogens is 432 g/mol. The minimum Gasteiger partial charge on any atom is -0.500 e. The van der Waals surface area contributed by atoms with Crippen molar-refractivity contribution in [2.45, 2.75) is 0 Å². The number of nitrogens with zero attached hydrogens (tertiary/aromatic N) is 4. The summed E-state index contributed by atoms with van der Waals surface area (Å²) >= 11 is 1.62. The van der Waals surface area contributed by atoms with Gasteiger partial charge in [-0.05, 0) is 36.4 Å². The zero-order valence-electron chi connectivity index (χ0n) is 18.5. The monoisotopic (exact) mass is 460 g/mol. The van der Waals surface area contributed by atoms with Gasteiger partial charge in [-0.2, -0.15) is 10.2 Å². The third kappa shape index (κ3) is 7.97. The summed E-state index contributed by atoms with van der Waals surface area (Å²) < 4.78 is 10.6. The Hall–Kier alpha value is -3.84. The van der Waals surface area contributed by atoms with Gasteiger partial charge in [0.05, 0.1) is 49.4 Å². The van der Waals surface area contributed by atoms with Gasteiger partial charge >= 0.3 is 0 Å². The second kappa shape index (κ2) is 13.5. The molecular formula is C26H28N4O2S. The number of rotatable bonds is 14. The predicted molar refractivity (Wildman–Crippen MR) is 139 cm³/mol. The highest BCUT2D eigenvalue weighted by Gasteiger charge is 2.06. The topological polar surface area (TPSA) is 49.7 Å². The molecule has 7 heteroatoms. The van der Waals surface area contributed by atoms with Crippen LogP contribution >= 0.6 is 11.3 Å². The summed E-state index contributed by atoms with van der Waals surface area (Å²) in [7, 11) is 0. The fourth-order valence-electron chi connectivity index (χ4n) is 2.91. The number of anilines is 2. The maximum atomic E-state index is 5.28. The van der Waals surface area contributed by atoms with Gasteiger partial charge in [0.25, 0.3) is 0 Å². The molecule has 0 aliphatic rings. The van der Waals surface area contributed by atoms with Gasteiger partial charge in [-0.1, -0.05) is 49.6 Å². The highest BCUT2D eigenvalue weighted by molar-refractivity contribution is 7.15. The molecule has 0 aliphatic heterocycles. The standard InChI is InChI=1S/C26H28N4O2S/c1-3-31-19-17-29(23-11-7-5-8-12-23)27-21-25-15-16-26(33-25)22-28-30(18-20-32-4-2)24-13-9-6-10-14-24/h3-16,21-22H,1-2,17-20H2. The van der Waals surface area contributed by atoms with E-state index in [1.54, 1.807) is 11.3 Å². The molecule has 33 heavy (non-hydrogen) atoms. The van der Waals surface area contributed by atoms with Crippen LogP contribution in [0.5, 0.6) is 0 Å². The number of hydrazone groups is 2. The van der Waals surface area contributed by atoms with Crippen molar-refractivity contribution in [3.8, 4) is 0 Å². The van der Waals surface area contributed by atoms with Crippen molar-refractivity contribution in [3.05, 3.63) is 108 Å². The van der Waals surface area contributed by atoms with Crippen LogP contribution in [-0.2, 0) is 9.47 Å². The zero-order valence-corrected chi connectivity index (χ0v) is 19.3. The molecule has 3 rings (SSSR count). The van der Waals surface area contributed by atoms with Crippen LogP contribution in [0.1, 0.15) is 9.75 Å². The van der Waals surface area contributed by atoms with E-state index in [1.807, 2.05) is 95.2 Å². The van der Waals surface area contributed by atoms with Crippen LogP contribution in [0.2, 0.25) is 0 Å². The zero-order chi connectivity index (χ0) is 23.1. The van der Waals surface area contributed by atoms with Crippen LogP contribution in [0, 0.1) is 0 Å². The molecule has 0 N–H and O–H groups in total. The average Bonchev–Trinajstić information content (AvgIpc) is 3.32. The third-order valence-corrected chi connectivity index (χ3v) is 5.44. The fraction of sp³-hybridized carbons (Fsp3) is 0.154. The molecule has 0 saturated heterocycles. The Balaban J connectivity index is 1.68. The van der Waals surface area contributed by atoms with Crippen molar-refractivity contribution >= 4 is 35.1 Å². The van der Waals surface area contributed by atoms with E-state index in [2.05, 4.69) is 23.4 Å². The largest absolute Gasteiger partial charge is 0.500 e. The maximum absolute atomic E-state index is 5.28. The van der Waals surface area contributed by atoms with Gasteiger partial charge in [-0.25, -0.2) is 0 Å². The molecule has 0 spiro atoms. The quantitative estimate of drug-likeness (QED) is 0.133. The second-order valence-corrected chi connectivity index (χ2v) is 7.87.